The third kappa shape index (κ3) is 3.47. The molecule has 3 nitrogen and oxygen atoms in total. The largest absolute Gasteiger partial charge is 0.388 e. The minimum Gasteiger partial charge on any atom is -0.388 e. The van der Waals surface area contributed by atoms with Crippen molar-refractivity contribution in [2.24, 2.45) is 0 Å². The summed E-state index contributed by atoms with van der Waals surface area (Å²) in [5.74, 6) is 0. The summed E-state index contributed by atoms with van der Waals surface area (Å²) < 4.78 is 0.916. The summed E-state index contributed by atoms with van der Waals surface area (Å²) in [7, 11) is 0. The molecule has 0 fully saturated rings. The Bertz CT molecular complexity index is 313. The third-order valence-corrected chi connectivity index (χ3v) is 3.33. The van der Waals surface area contributed by atoms with Crippen LogP contribution in [0.1, 0.15) is 26.7 Å². The number of halogens is 1. The van der Waals surface area contributed by atoms with E-state index in [4.69, 9.17) is 0 Å². The molecule has 0 amide bonds. The molecule has 4 heteroatoms. The van der Waals surface area contributed by atoms with Gasteiger partial charge >= 0.3 is 0 Å². The quantitative estimate of drug-likeness (QED) is 0.867. The van der Waals surface area contributed by atoms with Crippen molar-refractivity contribution in [3.05, 3.63) is 22.9 Å². The predicted octanol–water partition coefficient (Wildman–Crippen LogP) is 2.81. The maximum absolute atomic E-state index is 10.1. The van der Waals surface area contributed by atoms with Gasteiger partial charge in [0.1, 0.15) is 0 Å². The van der Waals surface area contributed by atoms with Crippen LogP contribution in [-0.4, -0.2) is 22.2 Å². The molecule has 15 heavy (non-hydrogen) atoms. The van der Waals surface area contributed by atoms with Gasteiger partial charge in [0.15, 0.2) is 0 Å². The summed E-state index contributed by atoms with van der Waals surface area (Å²) in [6.45, 7) is 4.54. The fraction of sp³-hybridized carbons (Fsp3) is 0.545. The van der Waals surface area contributed by atoms with E-state index in [9.17, 15) is 5.11 Å². The molecule has 0 unspecified atom stereocenters. The highest BCUT2D eigenvalue weighted by atomic mass is 79.9. The van der Waals surface area contributed by atoms with Crippen molar-refractivity contribution in [1.29, 1.82) is 0 Å². The molecule has 0 aromatic carbocycles. The second-order valence-corrected chi connectivity index (χ2v) is 4.49. The number of rotatable bonds is 5. The molecule has 1 aromatic heterocycles. The van der Waals surface area contributed by atoms with Crippen LogP contribution in [0, 0.1) is 0 Å². The Morgan fingerprint density at radius 1 is 1.47 bits per heavy atom. The van der Waals surface area contributed by atoms with Crippen molar-refractivity contribution in [2.45, 2.75) is 32.3 Å². The molecule has 0 bridgehead atoms. The van der Waals surface area contributed by atoms with Gasteiger partial charge in [-0.15, -0.1) is 0 Å². The molecule has 0 aliphatic rings. The molecule has 2 N–H and O–H groups in total. The van der Waals surface area contributed by atoms with E-state index in [1.165, 1.54) is 0 Å². The van der Waals surface area contributed by atoms with Crippen LogP contribution in [0.25, 0.3) is 0 Å². The second kappa shape index (κ2) is 5.47. The Kier molecular flexibility index (Phi) is 4.54. The molecule has 1 aromatic rings. The van der Waals surface area contributed by atoms with Gasteiger partial charge in [-0.1, -0.05) is 13.8 Å². The van der Waals surface area contributed by atoms with E-state index in [2.05, 4.69) is 26.2 Å². The van der Waals surface area contributed by atoms with Gasteiger partial charge in [0.05, 0.1) is 15.8 Å². The highest BCUT2D eigenvalue weighted by Gasteiger charge is 2.21. The number of pyridine rings is 1. The molecule has 0 atom stereocenters. The first-order valence-corrected chi connectivity index (χ1v) is 5.96. The molecule has 1 rings (SSSR count). The number of nitrogens with zero attached hydrogens (tertiary/aromatic N) is 1. The zero-order valence-electron chi connectivity index (χ0n) is 9.13. The van der Waals surface area contributed by atoms with Gasteiger partial charge in [-0.25, -0.2) is 0 Å². The number of aromatic nitrogens is 1. The summed E-state index contributed by atoms with van der Waals surface area (Å²) in [5, 5.41) is 13.3. The van der Waals surface area contributed by atoms with Crippen molar-refractivity contribution in [3.8, 4) is 0 Å². The lowest BCUT2D eigenvalue weighted by Gasteiger charge is -2.26. The highest BCUT2D eigenvalue weighted by molar-refractivity contribution is 9.10. The zero-order chi connectivity index (χ0) is 11.3. The van der Waals surface area contributed by atoms with Crippen LogP contribution >= 0.6 is 15.9 Å². The van der Waals surface area contributed by atoms with Crippen LogP contribution in [-0.2, 0) is 0 Å². The second-order valence-electron chi connectivity index (χ2n) is 3.64. The average Bonchev–Trinajstić information content (AvgIpc) is 2.28. The van der Waals surface area contributed by atoms with Gasteiger partial charge in [-0.2, -0.15) is 0 Å². The molecule has 0 aliphatic carbocycles. The smallest absolute Gasteiger partial charge is 0.0814 e. The lowest BCUT2D eigenvalue weighted by molar-refractivity contribution is 0.0457. The Balaban J connectivity index is 2.61. The fourth-order valence-corrected chi connectivity index (χ4v) is 1.67. The van der Waals surface area contributed by atoms with E-state index in [0.29, 0.717) is 6.54 Å². The topological polar surface area (TPSA) is 45.1 Å². The monoisotopic (exact) mass is 272 g/mol. The normalized spacial score (nSPS) is 11.5. The van der Waals surface area contributed by atoms with E-state index in [-0.39, 0.29) is 0 Å². The Labute approximate surface area is 99.1 Å². The average molecular weight is 273 g/mol. The van der Waals surface area contributed by atoms with Crippen LogP contribution in [0.2, 0.25) is 0 Å². The summed E-state index contributed by atoms with van der Waals surface area (Å²) in [4.78, 5) is 3.98. The van der Waals surface area contributed by atoms with Gasteiger partial charge in [0.25, 0.3) is 0 Å². The summed E-state index contributed by atoms with van der Waals surface area (Å²) >= 11 is 3.40. The molecule has 0 aliphatic heterocycles. The highest BCUT2D eigenvalue weighted by Crippen LogP contribution is 2.22. The van der Waals surface area contributed by atoms with Crippen molar-refractivity contribution in [2.75, 3.05) is 11.9 Å². The molecular formula is C11H17BrN2O. The van der Waals surface area contributed by atoms with Crippen molar-refractivity contribution >= 4 is 21.6 Å². The first-order valence-electron chi connectivity index (χ1n) is 5.17. The Morgan fingerprint density at radius 3 is 2.67 bits per heavy atom. The lowest BCUT2D eigenvalue weighted by atomic mass is 9.97. The lowest BCUT2D eigenvalue weighted by Crippen LogP contribution is -2.35. The predicted molar refractivity (Wildman–Crippen MR) is 66.0 cm³/mol. The minimum absolute atomic E-state index is 0.558. The van der Waals surface area contributed by atoms with Crippen LogP contribution in [0.3, 0.4) is 0 Å². The fourth-order valence-electron chi connectivity index (χ4n) is 1.28. The Hall–Kier alpha value is -0.610. The van der Waals surface area contributed by atoms with E-state index in [1.54, 1.807) is 12.4 Å². The maximum atomic E-state index is 10.1. The first kappa shape index (κ1) is 12.5. The maximum Gasteiger partial charge on any atom is 0.0814 e. The van der Waals surface area contributed by atoms with Gasteiger partial charge < -0.3 is 10.4 Å². The molecule has 0 saturated heterocycles. The van der Waals surface area contributed by atoms with Crippen molar-refractivity contribution in [3.63, 3.8) is 0 Å². The van der Waals surface area contributed by atoms with E-state index in [0.717, 1.165) is 23.0 Å². The van der Waals surface area contributed by atoms with Crippen molar-refractivity contribution < 1.29 is 5.11 Å². The molecule has 0 radical (unpaired) electrons. The number of aliphatic hydroxyl groups is 1. The summed E-state index contributed by atoms with van der Waals surface area (Å²) in [6.07, 6.45) is 4.96. The number of hydrogen-bond acceptors (Lipinski definition) is 3. The molecule has 1 heterocycles. The van der Waals surface area contributed by atoms with E-state index >= 15 is 0 Å². The molecule has 84 valence electrons. The van der Waals surface area contributed by atoms with E-state index < -0.39 is 5.60 Å². The first-order chi connectivity index (χ1) is 7.11. The van der Waals surface area contributed by atoms with Crippen LogP contribution in [0.4, 0.5) is 5.69 Å². The van der Waals surface area contributed by atoms with Crippen LogP contribution < -0.4 is 5.32 Å². The van der Waals surface area contributed by atoms with E-state index in [1.807, 2.05) is 19.9 Å². The number of hydrogen-bond donors (Lipinski definition) is 2. The third-order valence-electron chi connectivity index (χ3n) is 2.70. The van der Waals surface area contributed by atoms with Crippen molar-refractivity contribution in [1.82, 2.24) is 4.98 Å². The molecule has 0 saturated carbocycles. The van der Waals surface area contributed by atoms with Crippen LogP contribution in [0.15, 0.2) is 22.9 Å². The molecular weight excluding hydrogens is 256 g/mol. The SMILES string of the molecule is CCC(O)(CC)CNc1ccncc1Br. The number of anilines is 1. The summed E-state index contributed by atoms with van der Waals surface area (Å²) in [6, 6.07) is 1.88. The minimum atomic E-state index is -0.622. The van der Waals surface area contributed by atoms with Gasteiger partial charge in [0.2, 0.25) is 0 Å². The number of nitrogens with one attached hydrogen (secondary N) is 1. The van der Waals surface area contributed by atoms with Gasteiger partial charge in [0, 0.05) is 18.9 Å². The molecule has 0 spiro atoms. The summed E-state index contributed by atoms with van der Waals surface area (Å²) in [5.41, 5.74) is 0.341. The van der Waals surface area contributed by atoms with Gasteiger partial charge in [-0.3, -0.25) is 4.98 Å². The Morgan fingerprint density at radius 2 is 2.13 bits per heavy atom. The van der Waals surface area contributed by atoms with Gasteiger partial charge in [-0.05, 0) is 34.8 Å². The zero-order valence-corrected chi connectivity index (χ0v) is 10.7. The van der Waals surface area contributed by atoms with Crippen LogP contribution in [0.5, 0.6) is 0 Å². The standard InChI is InChI=1S/C11H17BrN2O/c1-3-11(15,4-2)8-14-10-5-6-13-7-9(10)12/h5-7,15H,3-4,8H2,1-2H3,(H,13,14).